The minimum absolute atomic E-state index is 0.0447. The van der Waals surface area contributed by atoms with Crippen molar-refractivity contribution in [3.63, 3.8) is 0 Å². The van der Waals surface area contributed by atoms with Crippen LogP contribution in [0.5, 0.6) is 0 Å². The molecule has 0 amide bonds. The molecule has 9 heteroatoms. The highest BCUT2D eigenvalue weighted by molar-refractivity contribution is 7.98. The van der Waals surface area contributed by atoms with E-state index < -0.39 is 4.92 Å². The van der Waals surface area contributed by atoms with Crippen LogP contribution in [0, 0.1) is 15.9 Å². The van der Waals surface area contributed by atoms with E-state index in [1.54, 1.807) is 36.4 Å². The van der Waals surface area contributed by atoms with E-state index in [4.69, 9.17) is 11.6 Å². The third kappa shape index (κ3) is 4.34. The lowest BCUT2D eigenvalue weighted by atomic mass is 10.2. The van der Waals surface area contributed by atoms with Crippen LogP contribution >= 0.6 is 23.4 Å². The van der Waals surface area contributed by atoms with Crippen molar-refractivity contribution < 1.29 is 9.31 Å². The molecule has 0 spiro atoms. The zero-order chi connectivity index (χ0) is 21.1. The summed E-state index contributed by atoms with van der Waals surface area (Å²) in [5.74, 6) is 0.808. The van der Waals surface area contributed by atoms with E-state index in [9.17, 15) is 14.5 Å². The second-order valence-corrected chi connectivity index (χ2v) is 7.72. The minimum Gasteiger partial charge on any atom is -0.270 e. The Labute approximate surface area is 180 Å². The normalized spacial score (nSPS) is 10.9. The zero-order valence-corrected chi connectivity index (χ0v) is 17.0. The van der Waals surface area contributed by atoms with Gasteiger partial charge in [-0.1, -0.05) is 35.5 Å². The molecule has 6 nitrogen and oxygen atoms in total. The Morgan fingerprint density at radius 3 is 2.27 bits per heavy atom. The maximum atomic E-state index is 13.4. The number of nitro benzene ring substituents is 1. The smallest absolute Gasteiger partial charge is 0.269 e. The van der Waals surface area contributed by atoms with Crippen LogP contribution in [0.2, 0.25) is 5.02 Å². The van der Waals surface area contributed by atoms with Gasteiger partial charge in [-0.3, -0.25) is 14.7 Å². The molecule has 3 aromatic carbocycles. The molecular formula is C21H14ClFN4O2S. The van der Waals surface area contributed by atoms with Crippen LogP contribution in [-0.4, -0.2) is 19.7 Å². The summed E-state index contributed by atoms with van der Waals surface area (Å²) in [7, 11) is 0. The molecule has 0 radical (unpaired) electrons. The second-order valence-electron chi connectivity index (χ2n) is 6.34. The number of rotatable bonds is 6. The van der Waals surface area contributed by atoms with Crippen molar-refractivity contribution >= 4 is 29.1 Å². The van der Waals surface area contributed by atoms with Gasteiger partial charge in [0.25, 0.3) is 5.69 Å². The number of nitrogens with zero attached hydrogens (tertiary/aromatic N) is 4. The first-order valence-electron chi connectivity index (χ1n) is 8.85. The van der Waals surface area contributed by atoms with Crippen molar-refractivity contribution in [1.82, 2.24) is 14.8 Å². The Morgan fingerprint density at radius 1 is 0.967 bits per heavy atom. The lowest BCUT2D eigenvalue weighted by Crippen LogP contribution is -2.00. The highest BCUT2D eigenvalue weighted by Crippen LogP contribution is 2.30. The third-order valence-corrected chi connectivity index (χ3v) is 5.59. The maximum absolute atomic E-state index is 13.4. The number of hydrogen-bond donors (Lipinski definition) is 0. The highest BCUT2D eigenvalue weighted by Gasteiger charge is 2.17. The summed E-state index contributed by atoms with van der Waals surface area (Å²) in [5, 5.41) is 20.7. The van der Waals surface area contributed by atoms with Gasteiger partial charge in [0, 0.05) is 34.2 Å². The molecule has 0 bridgehead atoms. The summed E-state index contributed by atoms with van der Waals surface area (Å²) in [6, 6.07) is 19.7. The first-order chi connectivity index (χ1) is 14.5. The predicted octanol–water partition coefficient (Wildman–Crippen LogP) is 5.93. The first kappa shape index (κ1) is 20.1. The second kappa shape index (κ2) is 8.64. The van der Waals surface area contributed by atoms with Gasteiger partial charge in [-0.05, 0) is 54.1 Å². The van der Waals surface area contributed by atoms with E-state index in [-0.39, 0.29) is 11.5 Å². The van der Waals surface area contributed by atoms with Gasteiger partial charge in [-0.15, -0.1) is 10.2 Å². The molecule has 0 aliphatic rings. The monoisotopic (exact) mass is 440 g/mol. The fraction of sp³-hybridized carbons (Fsp3) is 0.0476. The SMILES string of the molecule is O=[N+]([O-])c1ccc(CSc2nnc(-c3ccc(Cl)cc3)n2-c2ccc(F)cc2)cc1. The molecule has 0 saturated carbocycles. The van der Waals surface area contributed by atoms with Crippen molar-refractivity contribution in [3.8, 4) is 17.1 Å². The molecule has 0 atom stereocenters. The van der Waals surface area contributed by atoms with Gasteiger partial charge in [-0.2, -0.15) is 0 Å². The Bertz CT molecular complexity index is 1180. The van der Waals surface area contributed by atoms with Gasteiger partial charge in [0.15, 0.2) is 11.0 Å². The van der Waals surface area contributed by atoms with Crippen LogP contribution in [0.4, 0.5) is 10.1 Å². The van der Waals surface area contributed by atoms with Gasteiger partial charge in [0.1, 0.15) is 5.82 Å². The molecule has 1 heterocycles. The number of aromatic nitrogens is 3. The maximum Gasteiger partial charge on any atom is 0.269 e. The number of nitro groups is 1. The summed E-state index contributed by atoms with van der Waals surface area (Å²) >= 11 is 7.43. The van der Waals surface area contributed by atoms with E-state index in [0.717, 1.165) is 16.8 Å². The molecule has 30 heavy (non-hydrogen) atoms. The van der Waals surface area contributed by atoms with Crippen molar-refractivity contribution in [2.75, 3.05) is 0 Å². The summed E-state index contributed by atoms with van der Waals surface area (Å²) in [4.78, 5) is 10.4. The standard InChI is InChI=1S/C21H14ClFN4O2S/c22-16-5-3-15(4-6-16)20-24-25-21(26(20)18-11-7-17(23)8-12-18)30-13-14-1-9-19(10-2-14)27(28)29/h1-12H,13H2. The summed E-state index contributed by atoms with van der Waals surface area (Å²) < 4.78 is 15.3. The number of hydrogen-bond acceptors (Lipinski definition) is 5. The fourth-order valence-electron chi connectivity index (χ4n) is 2.83. The van der Waals surface area contributed by atoms with E-state index in [0.29, 0.717) is 21.8 Å². The predicted molar refractivity (Wildman–Crippen MR) is 114 cm³/mol. The molecule has 0 aliphatic heterocycles. The van der Waals surface area contributed by atoms with Gasteiger partial charge in [0.05, 0.1) is 4.92 Å². The van der Waals surface area contributed by atoms with Crippen LogP contribution in [0.1, 0.15) is 5.56 Å². The average molecular weight is 441 g/mol. The molecule has 4 rings (SSSR count). The van der Waals surface area contributed by atoms with E-state index in [1.165, 1.54) is 36.0 Å². The third-order valence-electron chi connectivity index (χ3n) is 4.34. The Balaban J connectivity index is 1.67. The Kier molecular flexibility index (Phi) is 5.78. The van der Waals surface area contributed by atoms with E-state index in [1.807, 2.05) is 16.7 Å². The molecule has 0 saturated heterocycles. The molecule has 4 aromatic rings. The van der Waals surface area contributed by atoms with Crippen molar-refractivity contribution in [3.05, 3.63) is 99.3 Å². The summed E-state index contributed by atoms with van der Waals surface area (Å²) in [5.41, 5.74) is 2.49. The number of non-ortho nitro benzene ring substituents is 1. The van der Waals surface area contributed by atoms with Gasteiger partial charge in [0.2, 0.25) is 0 Å². The molecular weight excluding hydrogens is 427 g/mol. The topological polar surface area (TPSA) is 73.8 Å². The highest BCUT2D eigenvalue weighted by atomic mass is 35.5. The zero-order valence-electron chi connectivity index (χ0n) is 15.4. The number of halogens is 2. The summed E-state index contributed by atoms with van der Waals surface area (Å²) in [6.45, 7) is 0. The fourth-order valence-corrected chi connectivity index (χ4v) is 3.87. The van der Waals surface area contributed by atoms with Crippen molar-refractivity contribution in [2.24, 2.45) is 0 Å². The molecule has 1 aromatic heterocycles. The average Bonchev–Trinajstić information content (AvgIpc) is 3.17. The van der Waals surface area contributed by atoms with Gasteiger partial charge < -0.3 is 0 Å². The molecule has 0 unspecified atom stereocenters. The number of benzene rings is 3. The van der Waals surface area contributed by atoms with Gasteiger partial charge >= 0.3 is 0 Å². The largest absolute Gasteiger partial charge is 0.270 e. The molecule has 0 aliphatic carbocycles. The van der Waals surface area contributed by atoms with Crippen LogP contribution in [-0.2, 0) is 5.75 Å². The van der Waals surface area contributed by atoms with Crippen molar-refractivity contribution in [1.29, 1.82) is 0 Å². The van der Waals surface area contributed by atoms with Crippen LogP contribution in [0.15, 0.2) is 78.0 Å². The van der Waals surface area contributed by atoms with Gasteiger partial charge in [-0.25, -0.2) is 4.39 Å². The molecule has 0 N–H and O–H groups in total. The molecule has 0 fully saturated rings. The lowest BCUT2D eigenvalue weighted by Gasteiger charge is -2.10. The quantitative estimate of drug-likeness (QED) is 0.211. The Hall–Kier alpha value is -3.23. The van der Waals surface area contributed by atoms with E-state index >= 15 is 0 Å². The number of thioether (sulfide) groups is 1. The first-order valence-corrected chi connectivity index (χ1v) is 10.2. The molecule has 150 valence electrons. The van der Waals surface area contributed by atoms with E-state index in [2.05, 4.69) is 10.2 Å². The van der Waals surface area contributed by atoms with Crippen LogP contribution in [0.25, 0.3) is 17.1 Å². The summed E-state index contributed by atoms with van der Waals surface area (Å²) in [6.07, 6.45) is 0. The minimum atomic E-state index is -0.430. The van der Waals surface area contributed by atoms with Crippen molar-refractivity contribution in [2.45, 2.75) is 10.9 Å². The van der Waals surface area contributed by atoms with Crippen LogP contribution < -0.4 is 0 Å². The van der Waals surface area contributed by atoms with Crippen LogP contribution in [0.3, 0.4) is 0 Å². The Morgan fingerprint density at radius 2 is 1.63 bits per heavy atom. The lowest BCUT2D eigenvalue weighted by molar-refractivity contribution is -0.384.